The zero-order chi connectivity index (χ0) is 13.9. The molecule has 1 saturated heterocycles. The van der Waals surface area contributed by atoms with Gasteiger partial charge < -0.3 is 15.2 Å². The molecule has 0 saturated carbocycles. The summed E-state index contributed by atoms with van der Waals surface area (Å²) in [6, 6.07) is 2.00. The van der Waals surface area contributed by atoms with Crippen LogP contribution in [0.2, 0.25) is 0 Å². The fourth-order valence-electron chi connectivity index (χ4n) is 2.85. The van der Waals surface area contributed by atoms with E-state index in [1.165, 1.54) is 18.4 Å². The number of rotatable bonds is 3. The molecule has 0 atom stereocenters. The number of hydrogen-bond acceptors (Lipinski definition) is 4. The van der Waals surface area contributed by atoms with Crippen LogP contribution in [-0.4, -0.2) is 30.1 Å². The summed E-state index contributed by atoms with van der Waals surface area (Å²) in [4.78, 5) is 4.64. The summed E-state index contributed by atoms with van der Waals surface area (Å²) in [5.41, 5.74) is 8.66. The van der Waals surface area contributed by atoms with Crippen LogP contribution in [0, 0.1) is 5.41 Å². The lowest BCUT2D eigenvalue weighted by molar-refractivity contribution is 0.0235. The number of nitrogen functional groups attached to an aromatic ring is 1. The van der Waals surface area contributed by atoms with Crippen molar-refractivity contribution in [2.75, 3.05) is 13.2 Å². The number of amidine groups is 1. The van der Waals surface area contributed by atoms with Gasteiger partial charge in [-0.05, 0) is 37.3 Å². The normalized spacial score (nSPS) is 19.4. The fraction of sp³-hybridized carbons (Fsp3) is 0.600. The summed E-state index contributed by atoms with van der Waals surface area (Å²) in [5, 5.41) is 7.74. The van der Waals surface area contributed by atoms with Crippen LogP contribution in [0.5, 0.6) is 5.88 Å². The van der Waals surface area contributed by atoms with Gasteiger partial charge in [0.1, 0.15) is 11.9 Å². The van der Waals surface area contributed by atoms with Crippen molar-refractivity contribution in [3.8, 4) is 5.88 Å². The van der Waals surface area contributed by atoms with E-state index in [0.717, 1.165) is 44.6 Å². The summed E-state index contributed by atoms with van der Waals surface area (Å²) in [5.74, 6) is 0.568. The van der Waals surface area contributed by atoms with Gasteiger partial charge in [0.05, 0.1) is 18.8 Å². The molecule has 2 heterocycles. The van der Waals surface area contributed by atoms with Crippen LogP contribution in [0.3, 0.4) is 0 Å². The highest BCUT2D eigenvalue weighted by molar-refractivity contribution is 5.97. The molecule has 0 unspecified atom stereocenters. The first-order chi connectivity index (χ1) is 9.74. The lowest BCUT2D eigenvalue weighted by Gasteiger charge is -2.25. The predicted octanol–water partition coefficient (Wildman–Crippen LogP) is 1.80. The maximum Gasteiger partial charge on any atom is 0.225 e. The smallest absolute Gasteiger partial charge is 0.225 e. The number of nitrogens with zero attached hydrogens (tertiary/aromatic N) is 1. The van der Waals surface area contributed by atoms with Crippen molar-refractivity contribution in [3.63, 3.8) is 0 Å². The van der Waals surface area contributed by atoms with Crippen molar-refractivity contribution in [3.05, 3.63) is 22.9 Å². The molecule has 5 nitrogen and oxygen atoms in total. The minimum absolute atomic E-state index is 0.0351. The second-order valence-corrected chi connectivity index (χ2v) is 5.50. The van der Waals surface area contributed by atoms with Crippen LogP contribution in [0.25, 0.3) is 0 Å². The van der Waals surface area contributed by atoms with Gasteiger partial charge in [-0.25, -0.2) is 4.98 Å². The molecule has 1 aliphatic heterocycles. The molecule has 0 amide bonds. The molecular formula is C15H21N3O2. The number of hydrogen-bond donors (Lipinski definition) is 2. The molecule has 0 bridgehead atoms. The standard InChI is InChI=1S/C15H21N3O2/c16-14(17)12-9-10-3-1-2-4-13(10)18-15(12)20-11-5-7-19-8-6-11/h9,11H,1-8H2,(H3,16,17). The van der Waals surface area contributed by atoms with Gasteiger partial charge in [0.25, 0.3) is 0 Å². The highest BCUT2D eigenvalue weighted by atomic mass is 16.5. The highest BCUT2D eigenvalue weighted by Gasteiger charge is 2.21. The minimum atomic E-state index is 0.0351. The summed E-state index contributed by atoms with van der Waals surface area (Å²) in [7, 11) is 0. The molecule has 5 heteroatoms. The second kappa shape index (κ2) is 5.79. The molecule has 20 heavy (non-hydrogen) atoms. The number of fused-ring (bicyclic) bond motifs is 1. The first-order valence-corrected chi connectivity index (χ1v) is 7.35. The molecule has 0 spiro atoms. The van der Waals surface area contributed by atoms with Gasteiger partial charge in [-0.1, -0.05) is 0 Å². The summed E-state index contributed by atoms with van der Waals surface area (Å²) < 4.78 is 11.3. The van der Waals surface area contributed by atoms with Crippen molar-refractivity contribution in [2.24, 2.45) is 5.73 Å². The predicted molar refractivity (Wildman–Crippen MR) is 76.4 cm³/mol. The molecule has 2 aliphatic rings. The Hall–Kier alpha value is -1.62. The van der Waals surface area contributed by atoms with E-state index in [-0.39, 0.29) is 11.9 Å². The summed E-state index contributed by atoms with van der Waals surface area (Å²) in [6.07, 6.45) is 6.25. The van der Waals surface area contributed by atoms with E-state index < -0.39 is 0 Å². The third-order valence-electron chi connectivity index (χ3n) is 4.00. The molecule has 1 aromatic heterocycles. The van der Waals surface area contributed by atoms with Crippen LogP contribution < -0.4 is 10.5 Å². The van der Waals surface area contributed by atoms with Gasteiger partial charge in [0.2, 0.25) is 5.88 Å². The molecule has 1 fully saturated rings. The van der Waals surface area contributed by atoms with Gasteiger partial charge in [0, 0.05) is 18.5 Å². The van der Waals surface area contributed by atoms with Crippen molar-refractivity contribution in [2.45, 2.75) is 44.6 Å². The van der Waals surface area contributed by atoms with E-state index in [1.807, 2.05) is 6.07 Å². The highest BCUT2D eigenvalue weighted by Crippen LogP contribution is 2.27. The van der Waals surface area contributed by atoms with Gasteiger partial charge in [0.15, 0.2) is 0 Å². The van der Waals surface area contributed by atoms with Gasteiger partial charge in [-0.3, -0.25) is 5.41 Å². The number of nitrogens with one attached hydrogen (secondary N) is 1. The third kappa shape index (κ3) is 2.77. The van der Waals surface area contributed by atoms with Gasteiger partial charge in [-0.15, -0.1) is 0 Å². The number of nitrogens with two attached hydrogens (primary N) is 1. The average Bonchev–Trinajstić information content (AvgIpc) is 2.47. The molecule has 1 aromatic rings. The SMILES string of the molecule is N=C(N)c1cc2c(nc1OC1CCOCC1)CCCC2. The Morgan fingerprint density at radius 2 is 2.05 bits per heavy atom. The molecule has 108 valence electrons. The van der Waals surface area contributed by atoms with Crippen molar-refractivity contribution in [1.82, 2.24) is 4.98 Å². The zero-order valence-electron chi connectivity index (χ0n) is 11.7. The molecule has 1 aliphatic carbocycles. The Morgan fingerprint density at radius 1 is 1.30 bits per heavy atom. The van der Waals surface area contributed by atoms with Crippen LogP contribution in [0.15, 0.2) is 6.07 Å². The van der Waals surface area contributed by atoms with E-state index in [0.29, 0.717) is 11.4 Å². The summed E-state index contributed by atoms with van der Waals surface area (Å²) >= 11 is 0. The Bertz CT molecular complexity index is 510. The second-order valence-electron chi connectivity index (χ2n) is 5.50. The molecule has 3 N–H and O–H groups in total. The van der Waals surface area contributed by atoms with Crippen molar-refractivity contribution >= 4 is 5.84 Å². The maximum atomic E-state index is 7.74. The Morgan fingerprint density at radius 3 is 2.80 bits per heavy atom. The van der Waals surface area contributed by atoms with Crippen molar-refractivity contribution < 1.29 is 9.47 Å². The number of pyridine rings is 1. The number of aryl methyl sites for hydroxylation is 2. The Balaban J connectivity index is 1.88. The molecular weight excluding hydrogens is 254 g/mol. The lowest BCUT2D eigenvalue weighted by atomic mass is 9.94. The van der Waals surface area contributed by atoms with E-state index in [1.54, 1.807) is 0 Å². The molecule has 3 rings (SSSR count). The molecule has 0 aromatic carbocycles. The lowest BCUT2D eigenvalue weighted by Crippen LogP contribution is -2.28. The zero-order valence-corrected chi connectivity index (χ0v) is 11.7. The topological polar surface area (TPSA) is 81.2 Å². The Kier molecular flexibility index (Phi) is 3.87. The number of ether oxygens (including phenoxy) is 2. The monoisotopic (exact) mass is 275 g/mol. The maximum absolute atomic E-state index is 7.74. The largest absolute Gasteiger partial charge is 0.474 e. The van der Waals surface area contributed by atoms with Crippen LogP contribution in [-0.2, 0) is 17.6 Å². The average molecular weight is 275 g/mol. The third-order valence-corrected chi connectivity index (χ3v) is 4.00. The minimum Gasteiger partial charge on any atom is -0.474 e. The van der Waals surface area contributed by atoms with E-state index in [4.69, 9.17) is 20.6 Å². The van der Waals surface area contributed by atoms with Gasteiger partial charge in [-0.2, -0.15) is 0 Å². The Labute approximate surface area is 119 Å². The van der Waals surface area contributed by atoms with Gasteiger partial charge >= 0.3 is 0 Å². The van der Waals surface area contributed by atoms with E-state index in [9.17, 15) is 0 Å². The first kappa shape index (κ1) is 13.4. The number of aromatic nitrogens is 1. The first-order valence-electron chi connectivity index (χ1n) is 7.35. The van der Waals surface area contributed by atoms with Crippen LogP contribution in [0.1, 0.15) is 42.5 Å². The van der Waals surface area contributed by atoms with Crippen LogP contribution in [0.4, 0.5) is 0 Å². The van der Waals surface area contributed by atoms with Crippen molar-refractivity contribution in [1.29, 1.82) is 5.41 Å². The fourth-order valence-corrected chi connectivity index (χ4v) is 2.85. The molecule has 0 radical (unpaired) electrons. The van der Waals surface area contributed by atoms with Crippen LogP contribution >= 0.6 is 0 Å². The van der Waals surface area contributed by atoms with E-state index >= 15 is 0 Å². The van der Waals surface area contributed by atoms with E-state index in [2.05, 4.69) is 4.98 Å². The summed E-state index contributed by atoms with van der Waals surface area (Å²) in [6.45, 7) is 1.45. The quantitative estimate of drug-likeness (QED) is 0.651.